The number of ether oxygens (including phenoxy) is 1. The van der Waals surface area contributed by atoms with Crippen molar-refractivity contribution in [3.8, 4) is 0 Å². The molecule has 5 nitrogen and oxygen atoms in total. The average molecular weight is 389 g/mol. The zero-order valence-corrected chi connectivity index (χ0v) is 17.8. The van der Waals surface area contributed by atoms with Crippen LogP contribution in [0.1, 0.15) is 65.4 Å². The van der Waals surface area contributed by atoms with E-state index >= 15 is 0 Å². The van der Waals surface area contributed by atoms with Crippen molar-refractivity contribution in [1.29, 1.82) is 0 Å². The Morgan fingerprint density at radius 3 is 2.43 bits per heavy atom. The van der Waals surface area contributed by atoms with Gasteiger partial charge in [0.1, 0.15) is 0 Å². The molecule has 0 radical (unpaired) electrons. The van der Waals surface area contributed by atoms with Gasteiger partial charge in [-0.25, -0.2) is 0 Å². The molecule has 2 aliphatic rings. The number of carboxylic acid groups (broad SMARTS) is 1. The molecule has 1 aromatic rings. The van der Waals surface area contributed by atoms with Crippen LogP contribution in [0.25, 0.3) is 0 Å². The van der Waals surface area contributed by atoms with E-state index in [9.17, 15) is 9.90 Å². The Hall–Kier alpha value is -1.75. The molecule has 0 unspecified atom stereocenters. The predicted molar refractivity (Wildman–Crippen MR) is 114 cm³/mol. The summed E-state index contributed by atoms with van der Waals surface area (Å²) in [5.74, 6) is -0.142. The summed E-state index contributed by atoms with van der Waals surface area (Å²) in [6.45, 7) is 11.4. The molecule has 0 amide bonds. The number of hydrogen-bond acceptors (Lipinski definition) is 4. The highest BCUT2D eigenvalue weighted by molar-refractivity contribution is 5.84. The summed E-state index contributed by atoms with van der Waals surface area (Å²) in [6, 6.07) is 7.07. The number of nitrogens with zero attached hydrogens (tertiary/aromatic N) is 1. The van der Waals surface area contributed by atoms with Gasteiger partial charge in [0.15, 0.2) is 0 Å². The summed E-state index contributed by atoms with van der Waals surface area (Å²) in [5.41, 5.74) is 2.49. The quantitative estimate of drug-likeness (QED) is 0.678. The molecule has 28 heavy (non-hydrogen) atoms. The lowest BCUT2D eigenvalue weighted by atomic mass is 9.64. The second-order valence-corrected chi connectivity index (χ2v) is 9.16. The summed E-state index contributed by atoms with van der Waals surface area (Å²) >= 11 is 0. The third-order valence-electron chi connectivity index (χ3n) is 6.11. The van der Waals surface area contributed by atoms with Crippen LogP contribution in [0.3, 0.4) is 0 Å². The molecule has 2 N–H and O–H groups in total. The zero-order chi connectivity index (χ0) is 20.3. The fourth-order valence-corrected chi connectivity index (χ4v) is 4.50. The first-order chi connectivity index (χ1) is 13.3. The third kappa shape index (κ3) is 4.29. The molecule has 0 aromatic heterocycles. The number of anilines is 2. The van der Waals surface area contributed by atoms with Crippen LogP contribution in [-0.4, -0.2) is 42.9 Å². The second kappa shape index (κ2) is 8.73. The number of carboxylic acids is 1. The monoisotopic (exact) mass is 388 g/mol. The maximum Gasteiger partial charge on any atom is 0.314 e. The van der Waals surface area contributed by atoms with Gasteiger partial charge in [-0.3, -0.25) is 4.79 Å². The Labute approximate surface area is 169 Å². The third-order valence-corrected chi connectivity index (χ3v) is 6.11. The van der Waals surface area contributed by atoms with Gasteiger partial charge >= 0.3 is 5.97 Å². The Balaban J connectivity index is 2.00. The van der Waals surface area contributed by atoms with E-state index in [2.05, 4.69) is 56.1 Å². The highest BCUT2D eigenvalue weighted by Crippen LogP contribution is 2.46. The van der Waals surface area contributed by atoms with Gasteiger partial charge in [0, 0.05) is 31.8 Å². The molecule has 1 saturated carbocycles. The van der Waals surface area contributed by atoms with Crippen LogP contribution in [0.5, 0.6) is 0 Å². The van der Waals surface area contributed by atoms with Crippen LogP contribution in [0.2, 0.25) is 0 Å². The van der Waals surface area contributed by atoms with E-state index in [1.54, 1.807) is 0 Å². The standard InChI is InChI=1S/C23H36N2O3/c1-16(2)15-25(19-8-12-28-13-9-19)21-7-6-18(14-20(21)24-17(3)4)23(22(26)27)10-5-11-23/h6-7,14,16-17,19,24H,5,8-13,15H2,1-4H3,(H,26,27). The number of carbonyl (C=O) groups is 1. The van der Waals surface area contributed by atoms with Crippen molar-refractivity contribution >= 4 is 17.3 Å². The van der Waals surface area contributed by atoms with E-state index in [1.165, 1.54) is 5.69 Å². The molecule has 1 saturated heterocycles. The highest BCUT2D eigenvalue weighted by atomic mass is 16.5. The number of rotatable bonds is 8. The Kier molecular flexibility index (Phi) is 6.54. The topological polar surface area (TPSA) is 61.8 Å². The molecule has 1 aliphatic heterocycles. The second-order valence-electron chi connectivity index (χ2n) is 9.16. The first-order valence-corrected chi connectivity index (χ1v) is 10.8. The van der Waals surface area contributed by atoms with Crippen molar-refractivity contribution in [1.82, 2.24) is 0 Å². The largest absolute Gasteiger partial charge is 0.481 e. The molecular weight excluding hydrogens is 352 g/mol. The summed E-state index contributed by atoms with van der Waals surface area (Å²) < 4.78 is 5.59. The summed E-state index contributed by atoms with van der Waals surface area (Å²) in [6.07, 6.45) is 4.53. The summed E-state index contributed by atoms with van der Waals surface area (Å²) in [4.78, 5) is 14.5. The zero-order valence-electron chi connectivity index (χ0n) is 17.8. The molecule has 5 heteroatoms. The van der Waals surface area contributed by atoms with Gasteiger partial charge in [0.2, 0.25) is 0 Å². The van der Waals surface area contributed by atoms with Crippen LogP contribution in [-0.2, 0) is 14.9 Å². The van der Waals surface area contributed by atoms with Gasteiger partial charge in [0.05, 0.1) is 16.8 Å². The van der Waals surface area contributed by atoms with Crippen molar-refractivity contribution in [2.45, 2.75) is 77.3 Å². The van der Waals surface area contributed by atoms with Gasteiger partial charge in [-0.1, -0.05) is 26.3 Å². The molecule has 2 fully saturated rings. The first kappa shape index (κ1) is 21.0. The summed E-state index contributed by atoms with van der Waals surface area (Å²) in [7, 11) is 0. The van der Waals surface area contributed by atoms with Crippen LogP contribution in [0.15, 0.2) is 18.2 Å². The Morgan fingerprint density at radius 2 is 1.93 bits per heavy atom. The SMILES string of the molecule is CC(C)CN(c1ccc(C2(C(=O)O)CCC2)cc1NC(C)C)C1CCOCC1. The van der Waals surface area contributed by atoms with Gasteiger partial charge < -0.3 is 20.1 Å². The van der Waals surface area contributed by atoms with Crippen molar-refractivity contribution in [3.05, 3.63) is 23.8 Å². The van der Waals surface area contributed by atoms with Crippen molar-refractivity contribution in [3.63, 3.8) is 0 Å². The Bertz CT molecular complexity index is 676. The molecule has 0 bridgehead atoms. The minimum absolute atomic E-state index is 0.284. The lowest BCUT2D eigenvalue weighted by Gasteiger charge is -2.41. The minimum atomic E-state index is -0.701. The van der Waals surface area contributed by atoms with E-state index in [0.717, 1.165) is 63.1 Å². The average Bonchev–Trinajstić information content (AvgIpc) is 2.59. The molecule has 0 spiro atoms. The lowest BCUT2D eigenvalue weighted by Crippen LogP contribution is -2.43. The maximum absolute atomic E-state index is 12.0. The minimum Gasteiger partial charge on any atom is -0.481 e. The predicted octanol–water partition coefficient (Wildman–Crippen LogP) is 4.65. The fraction of sp³-hybridized carbons (Fsp3) is 0.696. The molecular formula is C23H36N2O3. The smallest absolute Gasteiger partial charge is 0.314 e. The number of aliphatic carboxylic acids is 1. The van der Waals surface area contributed by atoms with Gasteiger partial charge in [-0.05, 0) is 63.1 Å². The number of benzene rings is 1. The van der Waals surface area contributed by atoms with Crippen molar-refractivity contribution < 1.29 is 14.6 Å². The molecule has 1 aromatic carbocycles. The van der Waals surface area contributed by atoms with Gasteiger partial charge in [0.25, 0.3) is 0 Å². The summed E-state index contributed by atoms with van der Waals surface area (Å²) in [5, 5.41) is 13.5. The normalized spacial score (nSPS) is 19.5. The van der Waals surface area contributed by atoms with Crippen LogP contribution in [0.4, 0.5) is 11.4 Å². The van der Waals surface area contributed by atoms with E-state index in [4.69, 9.17) is 4.74 Å². The number of hydrogen-bond donors (Lipinski definition) is 2. The molecule has 3 rings (SSSR count). The van der Waals surface area contributed by atoms with E-state index in [-0.39, 0.29) is 6.04 Å². The Morgan fingerprint density at radius 1 is 1.25 bits per heavy atom. The lowest BCUT2D eigenvalue weighted by molar-refractivity contribution is -0.147. The van der Waals surface area contributed by atoms with E-state index < -0.39 is 11.4 Å². The maximum atomic E-state index is 12.0. The van der Waals surface area contributed by atoms with Crippen LogP contribution >= 0.6 is 0 Å². The molecule has 156 valence electrons. The first-order valence-electron chi connectivity index (χ1n) is 10.8. The molecule has 0 atom stereocenters. The van der Waals surface area contributed by atoms with Crippen molar-refractivity contribution in [2.75, 3.05) is 30.0 Å². The highest BCUT2D eigenvalue weighted by Gasteiger charge is 2.46. The molecule has 1 heterocycles. The fourth-order valence-electron chi connectivity index (χ4n) is 4.50. The molecule has 1 aliphatic carbocycles. The van der Waals surface area contributed by atoms with Crippen molar-refractivity contribution in [2.24, 2.45) is 5.92 Å². The van der Waals surface area contributed by atoms with E-state index in [0.29, 0.717) is 12.0 Å². The van der Waals surface area contributed by atoms with E-state index in [1.807, 2.05) is 0 Å². The van der Waals surface area contributed by atoms with Crippen LogP contribution in [0, 0.1) is 5.92 Å². The van der Waals surface area contributed by atoms with Gasteiger partial charge in [-0.15, -0.1) is 0 Å². The van der Waals surface area contributed by atoms with Crippen LogP contribution < -0.4 is 10.2 Å². The number of nitrogens with one attached hydrogen (secondary N) is 1. The van der Waals surface area contributed by atoms with Gasteiger partial charge in [-0.2, -0.15) is 0 Å².